The van der Waals surface area contributed by atoms with Crippen LogP contribution in [-0.2, 0) is 4.79 Å². The number of terminal acetylenes is 1. The van der Waals surface area contributed by atoms with Crippen molar-refractivity contribution in [3.63, 3.8) is 0 Å². The fraction of sp³-hybridized carbons (Fsp3) is 0.111. The summed E-state index contributed by atoms with van der Waals surface area (Å²) >= 11 is 0. The first-order valence-corrected chi connectivity index (χ1v) is 3.70. The number of nitrogens with one attached hydrogen (secondary N) is 1. The summed E-state index contributed by atoms with van der Waals surface area (Å²) < 4.78 is 5.09. The van der Waals surface area contributed by atoms with Gasteiger partial charge in [-0.05, 0) is 12.1 Å². The zero-order valence-corrected chi connectivity index (χ0v) is 6.70. The summed E-state index contributed by atoms with van der Waals surface area (Å²) in [5.74, 6) is 3.11. The van der Waals surface area contributed by atoms with Gasteiger partial charge in [0.25, 0.3) is 5.91 Å². The number of fused-ring (bicyclic) bond motifs is 1. The van der Waals surface area contributed by atoms with Gasteiger partial charge in [-0.3, -0.25) is 4.79 Å². The van der Waals surface area contributed by atoms with Crippen LogP contribution < -0.4 is 10.1 Å². The molecule has 1 aliphatic rings. The van der Waals surface area contributed by atoms with Crippen LogP contribution in [0.4, 0.5) is 5.82 Å². The average molecular weight is 174 g/mol. The van der Waals surface area contributed by atoms with Gasteiger partial charge in [0.2, 0.25) is 0 Å². The van der Waals surface area contributed by atoms with Crippen LogP contribution in [0.25, 0.3) is 0 Å². The Morgan fingerprint density at radius 2 is 2.46 bits per heavy atom. The lowest BCUT2D eigenvalue weighted by molar-refractivity contribution is -0.118. The lowest BCUT2D eigenvalue weighted by atomic mass is 10.3. The van der Waals surface area contributed by atoms with E-state index in [2.05, 4.69) is 16.2 Å². The molecule has 0 unspecified atom stereocenters. The summed E-state index contributed by atoms with van der Waals surface area (Å²) in [4.78, 5) is 14.9. The van der Waals surface area contributed by atoms with Crippen molar-refractivity contribution in [2.45, 2.75) is 0 Å². The predicted molar refractivity (Wildman–Crippen MR) is 46.3 cm³/mol. The van der Waals surface area contributed by atoms with Crippen LogP contribution >= 0.6 is 0 Å². The number of aromatic nitrogens is 1. The van der Waals surface area contributed by atoms with E-state index in [0.717, 1.165) is 0 Å². The van der Waals surface area contributed by atoms with Crippen molar-refractivity contribution < 1.29 is 9.53 Å². The van der Waals surface area contributed by atoms with Gasteiger partial charge >= 0.3 is 0 Å². The molecule has 0 atom stereocenters. The molecule has 13 heavy (non-hydrogen) atoms. The first-order chi connectivity index (χ1) is 6.29. The van der Waals surface area contributed by atoms with E-state index < -0.39 is 0 Å². The van der Waals surface area contributed by atoms with Crippen LogP contribution in [0, 0.1) is 12.3 Å². The number of rotatable bonds is 0. The van der Waals surface area contributed by atoms with E-state index in [9.17, 15) is 4.79 Å². The number of pyridine rings is 1. The normalized spacial score (nSPS) is 13.6. The van der Waals surface area contributed by atoms with Crippen molar-refractivity contribution in [2.75, 3.05) is 11.9 Å². The zero-order chi connectivity index (χ0) is 9.26. The number of carbonyl (C=O) groups is 1. The predicted octanol–water partition coefficient (Wildman–Crippen LogP) is 0.394. The van der Waals surface area contributed by atoms with Crippen LogP contribution in [-0.4, -0.2) is 17.5 Å². The number of ether oxygens (including phenoxy) is 1. The Balaban J connectivity index is 2.45. The fourth-order valence-corrected chi connectivity index (χ4v) is 1.04. The van der Waals surface area contributed by atoms with Crippen LogP contribution in [0.15, 0.2) is 12.1 Å². The highest BCUT2D eigenvalue weighted by atomic mass is 16.5. The molecule has 4 nitrogen and oxygen atoms in total. The van der Waals surface area contributed by atoms with Crippen molar-refractivity contribution in [3.05, 3.63) is 17.8 Å². The number of nitrogens with zero attached hydrogens (tertiary/aromatic N) is 1. The lowest BCUT2D eigenvalue weighted by Gasteiger charge is -2.16. The van der Waals surface area contributed by atoms with Gasteiger partial charge in [0.15, 0.2) is 18.2 Å². The van der Waals surface area contributed by atoms with E-state index in [0.29, 0.717) is 17.3 Å². The van der Waals surface area contributed by atoms with E-state index >= 15 is 0 Å². The van der Waals surface area contributed by atoms with Crippen LogP contribution in [0.2, 0.25) is 0 Å². The highest BCUT2D eigenvalue weighted by Gasteiger charge is 2.16. The van der Waals surface area contributed by atoms with Crippen molar-refractivity contribution in [1.29, 1.82) is 0 Å². The maximum absolute atomic E-state index is 10.9. The Bertz CT molecular complexity index is 407. The smallest absolute Gasteiger partial charge is 0.263 e. The summed E-state index contributed by atoms with van der Waals surface area (Å²) in [7, 11) is 0. The summed E-state index contributed by atoms with van der Waals surface area (Å²) in [6.45, 7) is 0.0318. The van der Waals surface area contributed by atoms with E-state index in [4.69, 9.17) is 11.2 Å². The molecule has 0 aliphatic carbocycles. The molecule has 0 spiro atoms. The highest BCUT2D eigenvalue weighted by Crippen LogP contribution is 2.24. The summed E-state index contributed by atoms with van der Waals surface area (Å²) in [5.41, 5.74) is 0.476. The summed E-state index contributed by atoms with van der Waals surface area (Å²) in [5, 5.41) is 2.56. The lowest BCUT2D eigenvalue weighted by Crippen LogP contribution is -2.26. The largest absolute Gasteiger partial charge is 0.480 e. The molecular formula is C9H6N2O2. The van der Waals surface area contributed by atoms with Crippen LogP contribution in [0.3, 0.4) is 0 Å². The van der Waals surface area contributed by atoms with Gasteiger partial charge in [0, 0.05) is 0 Å². The van der Waals surface area contributed by atoms with E-state index in [-0.39, 0.29) is 12.5 Å². The minimum absolute atomic E-state index is 0.0318. The molecule has 1 aromatic rings. The molecule has 1 amide bonds. The molecule has 2 rings (SSSR count). The molecule has 0 bridgehead atoms. The molecule has 1 aromatic heterocycles. The zero-order valence-electron chi connectivity index (χ0n) is 6.70. The Morgan fingerprint density at radius 3 is 3.23 bits per heavy atom. The van der Waals surface area contributed by atoms with Gasteiger partial charge in [-0.2, -0.15) is 0 Å². The first kappa shape index (κ1) is 7.62. The maximum atomic E-state index is 10.9. The second kappa shape index (κ2) is 2.79. The van der Waals surface area contributed by atoms with E-state index in [1.807, 2.05) is 0 Å². The molecule has 1 aliphatic heterocycles. The van der Waals surface area contributed by atoms with Gasteiger partial charge in [-0.15, -0.1) is 6.42 Å². The minimum Gasteiger partial charge on any atom is -0.480 e. The standard InChI is InChI=1S/C9H6N2O2/c1-2-6-3-4-7-9(10-6)11-8(12)5-13-7/h1,3-4H,5H2,(H,10,11,12). The van der Waals surface area contributed by atoms with E-state index in [1.54, 1.807) is 12.1 Å². The summed E-state index contributed by atoms with van der Waals surface area (Å²) in [6, 6.07) is 3.35. The fourth-order valence-electron chi connectivity index (χ4n) is 1.04. The average Bonchev–Trinajstić information content (AvgIpc) is 2.16. The highest BCUT2D eigenvalue weighted by molar-refractivity contribution is 5.94. The van der Waals surface area contributed by atoms with Crippen LogP contribution in [0.5, 0.6) is 5.75 Å². The number of hydrogen-bond acceptors (Lipinski definition) is 3. The monoisotopic (exact) mass is 174 g/mol. The molecule has 1 N–H and O–H groups in total. The van der Waals surface area contributed by atoms with Crippen molar-refractivity contribution >= 4 is 11.7 Å². The molecular weight excluding hydrogens is 168 g/mol. The second-order valence-corrected chi connectivity index (χ2v) is 2.52. The number of hydrogen-bond donors (Lipinski definition) is 1. The number of anilines is 1. The van der Waals surface area contributed by atoms with Gasteiger partial charge in [-0.25, -0.2) is 4.98 Å². The summed E-state index contributed by atoms with van der Waals surface area (Å²) in [6.07, 6.45) is 5.15. The molecule has 0 saturated heterocycles. The molecule has 0 fully saturated rings. The number of carbonyl (C=O) groups excluding carboxylic acids is 1. The molecule has 2 heterocycles. The number of amides is 1. The van der Waals surface area contributed by atoms with Crippen molar-refractivity contribution in [2.24, 2.45) is 0 Å². The van der Waals surface area contributed by atoms with Gasteiger partial charge < -0.3 is 10.1 Å². The Labute approximate surface area is 74.9 Å². The van der Waals surface area contributed by atoms with Crippen molar-refractivity contribution in [3.8, 4) is 18.1 Å². The van der Waals surface area contributed by atoms with Crippen molar-refractivity contribution in [1.82, 2.24) is 4.98 Å². The Kier molecular flexibility index (Phi) is 1.64. The Morgan fingerprint density at radius 1 is 1.62 bits per heavy atom. The third-order valence-electron chi connectivity index (χ3n) is 1.62. The topological polar surface area (TPSA) is 51.2 Å². The first-order valence-electron chi connectivity index (χ1n) is 3.70. The third-order valence-corrected chi connectivity index (χ3v) is 1.62. The molecule has 4 heteroatoms. The van der Waals surface area contributed by atoms with Crippen LogP contribution in [0.1, 0.15) is 5.69 Å². The molecule has 0 saturated carbocycles. The van der Waals surface area contributed by atoms with Gasteiger partial charge in [0.1, 0.15) is 5.69 Å². The molecule has 0 aromatic carbocycles. The second-order valence-electron chi connectivity index (χ2n) is 2.52. The van der Waals surface area contributed by atoms with E-state index in [1.165, 1.54) is 0 Å². The minimum atomic E-state index is -0.214. The maximum Gasteiger partial charge on any atom is 0.263 e. The quantitative estimate of drug-likeness (QED) is 0.579. The SMILES string of the molecule is C#Cc1ccc2c(n1)NC(=O)CO2. The third kappa shape index (κ3) is 1.32. The molecule has 64 valence electrons. The Hall–Kier alpha value is -2.02. The van der Waals surface area contributed by atoms with Gasteiger partial charge in [0.05, 0.1) is 0 Å². The molecule has 0 radical (unpaired) electrons. The van der Waals surface area contributed by atoms with Gasteiger partial charge in [-0.1, -0.05) is 5.92 Å².